The monoisotopic (exact) mass is 1050 g/mol. The number of ether oxygens (including phenoxy) is 7. The number of nitrogens with zero attached hydrogens (tertiary/aromatic N) is 3. The maximum absolute atomic E-state index is 13.7. The first-order valence-electron chi connectivity index (χ1n) is 24.8. The number of carbonyl (C=O) groups excluding carboxylic acids is 5. The molecule has 2 fully saturated rings. The Morgan fingerprint density at radius 2 is 1.04 bits per heavy atom. The van der Waals surface area contributed by atoms with E-state index in [2.05, 4.69) is 48.7 Å². The van der Waals surface area contributed by atoms with Crippen LogP contribution in [0.5, 0.6) is 5.75 Å². The number of halogens is 5. The molecule has 1 aromatic carbocycles. The van der Waals surface area contributed by atoms with Crippen LogP contribution in [0.25, 0.3) is 10.4 Å². The number of thiol groups is 1. The maximum Gasteiger partial charge on any atom is 0.313 e. The van der Waals surface area contributed by atoms with Crippen LogP contribution >= 0.6 is 12.6 Å². The third kappa shape index (κ3) is 27.1. The molecule has 72 heavy (non-hydrogen) atoms. The lowest BCUT2D eigenvalue weighted by Crippen LogP contribution is -2.47. The number of amides is 4. The molecule has 0 heterocycles. The minimum Gasteiger partial charge on any atom is -0.420 e. The second kappa shape index (κ2) is 37.4. The molecule has 1 aromatic rings. The van der Waals surface area contributed by atoms with Crippen molar-refractivity contribution >= 4 is 42.2 Å². The van der Waals surface area contributed by atoms with Gasteiger partial charge in [0.15, 0.2) is 0 Å². The fraction of sp³-hybridized carbons (Fsp3) is 0.766. The van der Waals surface area contributed by atoms with Gasteiger partial charge in [-0.25, -0.2) is 13.2 Å². The molecule has 5 atom stereocenters. The standard InChI is InChI=1S/C47H72F5N7O12S/c48-41-42(49)44(51)46(45(52)43(41)50)71-40(63)12-22-66-19-9-35-31-34(35)8-18-65-17-7-33-30-32(33)6-15-56-47(64)36(4-1-2-13-54-37(60)10-20-67-24-26-69-23-16-57-59-53)58-39(62)5-3-14-55-38(61)11-21-68-25-27-70-28-29-72/h32-36,72H,1-31H2,(H,54,60)(H,55,61)(H,56,64)(H,58,62)/t32?,33?,34?,35?,36-/m0/s1. The Morgan fingerprint density at radius 3 is 1.61 bits per heavy atom. The van der Waals surface area contributed by atoms with Crippen LogP contribution in [-0.2, 0) is 52.4 Å². The number of esters is 1. The molecular weight excluding hydrogens is 982 g/mol. The van der Waals surface area contributed by atoms with Crippen molar-refractivity contribution in [3.63, 3.8) is 0 Å². The van der Waals surface area contributed by atoms with E-state index in [4.69, 9.17) is 34.0 Å². The smallest absolute Gasteiger partial charge is 0.313 e. The first kappa shape index (κ1) is 61.9. The van der Waals surface area contributed by atoms with Crippen molar-refractivity contribution in [2.24, 2.45) is 28.8 Å². The summed E-state index contributed by atoms with van der Waals surface area (Å²) in [4.78, 5) is 65.2. The molecule has 4 amide bonds. The summed E-state index contributed by atoms with van der Waals surface area (Å²) in [6.45, 7) is 5.52. The molecule has 4 unspecified atom stereocenters. The van der Waals surface area contributed by atoms with Crippen LogP contribution in [0.1, 0.15) is 89.9 Å². The molecule has 2 aliphatic rings. The number of carbonyl (C=O) groups is 5. The SMILES string of the molecule is [N-]=[N+]=NCCOCCOCCC(=O)NCCCC[C@H](NC(=O)CCCNC(=O)CCOCCOCCS)C(=O)NCCC1CC1CCOCCC1CC1CCOCCC(=O)Oc1c(F)c(F)c(F)c(F)c1F. The van der Waals surface area contributed by atoms with Gasteiger partial charge in [-0.2, -0.15) is 21.4 Å². The third-order valence-electron chi connectivity index (χ3n) is 11.8. The molecule has 0 bridgehead atoms. The Hall–Kier alpha value is -4.36. The van der Waals surface area contributed by atoms with Crippen molar-refractivity contribution in [3.8, 4) is 5.75 Å². The van der Waals surface area contributed by atoms with Crippen LogP contribution in [0.15, 0.2) is 5.11 Å². The van der Waals surface area contributed by atoms with Gasteiger partial charge in [-0.3, -0.25) is 24.0 Å². The number of unbranched alkanes of at least 4 members (excludes halogenated alkanes) is 1. The summed E-state index contributed by atoms with van der Waals surface area (Å²) in [7, 11) is 0. The minimum atomic E-state index is -2.34. The highest BCUT2D eigenvalue weighted by Crippen LogP contribution is 2.45. The lowest BCUT2D eigenvalue weighted by atomic mass is 10.1. The van der Waals surface area contributed by atoms with E-state index in [1.165, 1.54) is 0 Å². The molecule has 2 saturated carbocycles. The number of azide groups is 1. The van der Waals surface area contributed by atoms with E-state index in [1.807, 2.05) is 0 Å². The summed E-state index contributed by atoms with van der Waals surface area (Å²) in [5, 5.41) is 14.8. The van der Waals surface area contributed by atoms with Gasteiger partial charge < -0.3 is 54.4 Å². The highest BCUT2D eigenvalue weighted by atomic mass is 32.1. The summed E-state index contributed by atoms with van der Waals surface area (Å²) >= 11 is 4.06. The van der Waals surface area contributed by atoms with Crippen molar-refractivity contribution in [3.05, 3.63) is 39.5 Å². The van der Waals surface area contributed by atoms with E-state index in [1.54, 1.807) is 0 Å². The molecular formula is C47H72F5N7O12S. The average molecular weight is 1050 g/mol. The lowest BCUT2D eigenvalue weighted by molar-refractivity contribution is -0.136. The molecule has 25 heteroatoms. The zero-order valence-corrected chi connectivity index (χ0v) is 41.8. The van der Waals surface area contributed by atoms with E-state index >= 15 is 0 Å². The number of benzene rings is 1. The van der Waals surface area contributed by atoms with E-state index in [0.717, 1.165) is 38.5 Å². The summed E-state index contributed by atoms with van der Waals surface area (Å²) < 4.78 is 104. The number of hydrogen-bond acceptors (Lipinski definition) is 14. The van der Waals surface area contributed by atoms with Gasteiger partial charge in [0.1, 0.15) is 6.04 Å². The van der Waals surface area contributed by atoms with Crippen molar-refractivity contribution < 1.29 is 79.1 Å². The van der Waals surface area contributed by atoms with Crippen LogP contribution < -0.4 is 26.0 Å². The second-order valence-corrected chi connectivity index (χ2v) is 17.8. The molecule has 0 spiro atoms. The van der Waals surface area contributed by atoms with Crippen LogP contribution in [0.4, 0.5) is 22.0 Å². The van der Waals surface area contributed by atoms with E-state index < -0.39 is 53.3 Å². The summed E-state index contributed by atoms with van der Waals surface area (Å²) in [5.41, 5.74) is 8.26. The first-order valence-corrected chi connectivity index (χ1v) is 25.4. The fourth-order valence-electron chi connectivity index (χ4n) is 7.52. The molecule has 0 saturated heterocycles. The lowest BCUT2D eigenvalue weighted by Gasteiger charge is -2.19. The van der Waals surface area contributed by atoms with Crippen molar-refractivity contribution in [1.82, 2.24) is 21.3 Å². The maximum atomic E-state index is 13.7. The molecule has 2 aliphatic carbocycles. The van der Waals surface area contributed by atoms with E-state index in [9.17, 15) is 45.9 Å². The summed E-state index contributed by atoms with van der Waals surface area (Å²) in [6.07, 6.45) is 7.32. The molecule has 4 N–H and O–H groups in total. The summed E-state index contributed by atoms with van der Waals surface area (Å²) in [6, 6.07) is -0.767. The summed E-state index contributed by atoms with van der Waals surface area (Å²) in [5.74, 6) is -12.5. The van der Waals surface area contributed by atoms with Gasteiger partial charge in [-0.15, -0.1) is 0 Å². The average Bonchev–Trinajstić information content (AvgIpc) is 4.30. The van der Waals surface area contributed by atoms with Crippen LogP contribution in [0, 0.1) is 52.8 Å². The zero-order chi connectivity index (χ0) is 52.4. The quantitative estimate of drug-likeness (QED) is 0.00526. The molecule has 0 radical (unpaired) electrons. The largest absolute Gasteiger partial charge is 0.420 e. The normalized spacial score (nSPS) is 17.1. The second-order valence-electron chi connectivity index (χ2n) is 17.4. The highest BCUT2D eigenvalue weighted by Gasteiger charge is 2.37. The fourth-order valence-corrected chi connectivity index (χ4v) is 7.65. The predicted molar refractivity (Wildman–Crippen MR) is 254 cm³/mol. The molecule has 0 aliphatic heterocycles. The van der Waals surface area contributed by atoms with Crippen molar-refractivity contribution in [2.45, 2.75) is 95.9 Å². The van der Waals surface area contributed by atoms with Crippen LogP contribution in [-0.4, -0.2) is 147 Å². The Morgan fingerprint density at radius 1 is 0.556 bits per heavy atom. The Balaban J connectivity index is 1.25. The molecule has 408 valence electrons. The van der Waals surface area contributed by atoms with Crippen LogP contribution in [0.2, 0.25) is 0 Å². The van der Waals surface area contributed by atoms with Gasteiger partial charge in [0.05, 0.1) is 65.9 Å². The minimum absolute atomic E-state index is 0.115. The number of hydrogen-bond donors (Lipinski definition) is 5. The van der Waals surface area contributed by atoms with Gasteiger partial charge in [0.25, 0.3) is 0 Å². The molecule has 0 aromatic heterocycles. The topological polar surface area (TPSA) is 247 Å². The molecule has 19 nitrogen and oxygen atoms in total. The van der Waals surface area contributed by atoms with E-state index in [-0.39, 0.29) is 69.3 Å². The first-order chi connectivity index (χ1) is 34.9. The van der Waals surface area contributed by atoms with Gasteiger partial charge in [-0.1, -0.05) is 5.11 Å². The van der Waals surface area contributed by atoms with Crippen molar-refractivity contribution in [1.29, 1.82) is 0 Å². The Labute approximate surface area is 422 Å². The van der Waals surface area contributed by atoms with E-state index in [0.29, 0.717) is 134 Å². The molecule has 3 rings (SSSR count). The zero-order valence-electron chi connectivity index (χ0n) is 40.9. The highest BCUT2D eigenvalue weighted by molar-refractivity contribution is 7.80. The number of nitrogens with one attached hydrogen (secondary N) is 4. The van der Waals surface area contributed by atoms with Crippen LogP contribution in [0.3, 0.4) is 0 Å². The number of rotatable bonds is 44. The Bertz CT molecular complexity index is 1830. The Kier molecular flexibility index (Phi) is 32.2. The van der Waals surface area contributed by atoms with Gasteiger partial charge in [0.2, 0.25) is 58.5 Å². The van der Waals surface area contributed by atoms with Gasteiger partial charge in [-0.05, 0) is 93.4 Å². The third-order valence-corrected chi connectivity index (χ3v) is 12.0. The van der Waals surface area contributed by atoms with Crippen molar-refractivity contribution in [2.75, 3.05) is 111 Å². The predicted octanol–water partition coefficient (Wildman–Crippen LogP) is 5.41. The van der Waals surface area contributed by atoms with Gasteiger partial charge >= 0.3 is 5.97 Å². The van der Waals surface area contributed by atoms with Gasteiger partial charge in [0, 0.05) is 75.9 Å².